The van der Waals surface area contributed by atoms with Gasteiger partial charge in [0.05, 0.1) is 49.6 Å². The number of aliphatic hydroxyl groups is 1. The van der Waals surface area contributed by atoms with Crippen molar-refractivity contribution in [3.63, 3.8) is 0 Å². The number of benzene rings is 2. The fourth-order valence-corrected chi connectivity index (χ4v) is 4.93. The SMILES string of the molecule is COc1cc(Cc2nc3ccccc3nc2CS(=O)(=O)c2cn(C)cn2)c(OCCO)c(OC)c1. The van der Waals surface area contributed by atoms with Crippen molar-refractivity contribution < 1.29 is 27.7 Å². The van der Waals surface area contributed by atoms with E-state index in [-0.39, 0.29) is 30.4 Å². The quantitative estimate of drug-likeness (QED) is 0.350. The number of aryl methyl sites for hydroxylation is 1. The lowest BCUT2D eigenvalue weighted by Crippen LogP contribution is -2.12. The predicted molar refractivity (Wildman–Crippen MR) is 129 cm³/mol. The minimum atomic E-state index is -3.77. The number of hydrogen-bond donors (Lipinski definition) is 1. The van der Waals surface area contributed by atoms with Crippen molar-refractivity contribution >= 4 is 20.9 Å². The maximum absolute atomic E-state index is 13.1. The summed E-state index contributed by atoms with van der Waals surface area (Å²) in [7, 11) is 0.972. The minimum absolute atomic E-state index is 0.0315. The molecule has 0 aliphatic rings. The van der Waals surface area contributed by atoms with Crippen LogP contribution in [0.25, 0.3) is 11.0 Å². The second-order valence-electron chi connectivity index (χ2n) is 7.81. The zero-order chi connectivity index (χ0) is 25.0. The number of imidazole rings is 1. The Morgan fingerprint density at radius 2 is 1.74 bits per heavy atom. The van der Waals surface area contributed by atoms with Crippen molar-refractivity contribution in [1.29, 1.82) is 0 Å². The van der Waals surface area contributed by atoms with Gasteiger partial charge in [-0.15, -0.1) is 0 Å². The lowest BCUT2D eigenvalue weighted by molar-refractivity contribution is 0.195. The maximum Gasteiger partial charge on any atom is 0.202 e. The summed E-state index contributed by atoms with van der Waals surface area (Å²) in [5, 5.41) is 9.25. The van der Waals surface area contributed by atoms with Crippen LogP contribution in [0.3, 0.4) is 0 Å². The van der Waals surface area contributed by atoms with Crippen molar-refractivity contribution in [3.8, 4) is 17.2 Å². The largest absolute Gasteiger partial charge is 0.497 e. The molecular formula is C24H26N4O6S. The molecule has 4 rings (SSSR count). The van der Waals surface area contributed by atoms with Crippen LogP contribution < -0.4 is 14.2 Å². The predicted octanol–water partition coefficient (Wildman–Crippen LogP) is 2.32. The summed E-state index contributed by atoms with van der Waals surface area (Å²) < 4.78 is 44.5. The Kier molecular flexibility index (Phi) is 7.17. The summed E-state index contributed by atoms with van der Waals surface area (Å²) in [6.07, 6.45) is 3.09. The number of aromatic nitrogens is 4. The molecule has 0 fully saturated rings. The van der Waals surface area contributed by atoms with Gasteiger partial charge in [-0.2, -0.15) is 0 Å². The molecule has 184 valence electrons. The van der Waals surface area contributed by atoms with E-state index in [1.54, 1.807) is 29.8 Å². The van der Waals surface area contributed by atoms with E-state index in [4.69, 9.17) is 19.2 Å². The van der Waals surface area contributed by atoms with Gasteiger partial charge in [-0.25, -0.2) is 23.4 Å². The van der Waals surface area contributed by atoms with Crippen molar-refractivity contribution in [1.82, 2.24) is 19.5 Å². The average Bonchev–Trinajstić information content (AvgIpc) is 3.30. The van der Waals surface area contributed by atoms with Crippen LogP contribution in [0.1, 0.15) is 17.0 Å². The molecule has 35 heavy (non-hydrogen) atoms. The molecule has 11 heteroatoms. The van der Waals surface area contributed by atoms with Gasteiger partial charge in [0, 0.05) is 31.3 Å². The van der Waals surface area contributed by atoms with E-state index in [2.05, 4.69) is 9.97 Å². The molecule has 0 saturated heterocycles. The molecular weight excluding hydrogens is 472 g/mol. The number of para-hydroxylation sites is 2. The molecule has 0 saturated carbocycles. The minimum Gasteiger partial charge on any atom is -0.497 e. The van der Waals surface area contributed by atoms with E-state index in [9.17, 15) is 13.5 Å². The number of hydrogen-bond acceptors (Lipinski definition) is 9. The number of rotatable bonds is 10. The van der Waals surface area contributed by atoms with Crippen LogP contribution in [0.15, 0.2) is 53.9 Å². The third kappa shape index (κ3) is 5.36. The molecule has 2 aromatic carbocycles. The molecule has 0 aliphatic heterocycles. The Hall–Kier alpha value is -3.70. The number of ether oxygens (including phenoxy) is 3. The molecule has 0 spiro atoms. The highest BCUT2D eigenvalue weighted by atomic mass is 32.2. The van der Waals surface area contributed by atoms with E-state index >= 15 is 0 Å². The Balaban J connectivity index is 1.83. The van der Waals surface area contributed by atoms with Crippen LogP contribution in [-0.2, 0) is 29.1 Å². The van der Waals surface area contributed by atoms with Gasteiger partial charge in [0.25, 0.3) is 0 Å². The van der Waals surface area contributed by atoms with Gasteiger partial charge >= 0.3 is 0 Å². The van der Waals surface area contributed by atoms with Crippen LogP contribution in [0.5, 0.6) is 17.2 Å². The Morgan fingerprint density at radius 3 is 2.34 bits per heavy atom. The molecule has 10 nitrogen and oxygen atoms in total. The normalized spacial score (nSPS) is 11.5. The lowest BCUT2D eigenvalue weighted by atomic mass is 10.1. The molecule has 2 heterocycles. The number of sulfone groups is 1. The number of nitrogens with zero attached hydrogens (tertiary/aromatic N) is 4. The first kappa shape index (κ1) is 24.4. The topological polar surface area (TPSA) is 126 Å². The first-order valence-electron chi connectivity index (χ1n) is 10.8. The maximum atomic E-state index is 13.1. The zero-order valence-electron chi connectivity index (χ0n) is 19.6. The van der Waals surface area contributed by atoms with Gasteiger partial charge in [-0.1, -0.05) is 12.1 Å². The van der Waals surface area contributed by atoms with Crippen LogP contribution in [-0.4, -0.2) is 60.5 Å². The van der Waals surface area contributed by atoms with Gasteiger partial charge in [-0.05, 0) is 18.2 Å². The molecule has 1 N–H and O–H groups in total. The molecule has 2 aromatic heterocycles. The molecule has 0 radical (unpaired) electrons. The first-order chi connectivity index (χ1) is 16.8. The van der Waals surface area contributed by atoms with Crippen LogP contribution in [0.2, 0.25) is 0 Å². The third-order valence-corrected chi connectivity index (χ3v) is 6.81. The Labute approximate surface area is 203 Å². The van der Waals surface area contributed by atoms with Crippen molar-refractivity contribution in [3.05, 3.63) is 65.9 Å². The second kappa shape index (κ2) is 10.3. The summed E-state index contributed by atoms with van der Waals surface area (Å²) >= 11 is 0. The van der Waals surface area contributed by atoms with Crippen LogP contribution in [0.4, 0.5) is 0 Å². The monoisotopic (exact) mass is 498 g/mol. The van der Waals surface area contributed by atoms with Gasteiger partial charge in [0.1, 0.15) is 18.1 Å². The Morgan fingerprint density at radius 1 is 1.03 bits per heavy atom. The molecule has 0 atom stereocenters. The zero-order valence-corrected chi connectivity index (χ0v) is 20.4. The smallest absolute Gasteiger partial charge is 0.202 e. The average molecular weight is 499 g/mol. The summed E-state index contributed by atoms with van der Waals surface area (Å²) in [5.41, 5.74) is 2.64. The highest BCUT2D eigenvalue weighted by Crippen LogP contribution is 2.37. The van der Waals surface area contributed by atoms with Crippen LogP contribution >= 0.6 is 0 Å². The summed E-state index contributed by atoms with van der Waals surface area (Å²) in [6, 6.07) is 10.7. The highest BCUT2D eigenvalue weighted by Gasteiger charge is 2.24. The van der Waals surface area contributed by atoms with Gasteiger partial charge in [0.15, 0.2) is 16.5 Å². The molecule has 4 aromatic rings. The van der Waals surface area contributed by atoms with Crippen LogP contribution in [0, 0.1) is 0 Å². The summed E-state index contributed by atoms with van der Waals surface area (Å²) in [4.78, 5) is 13.4. The van der Waals surface area contributed by atoms with Gasteiger partial charge in [0.2, 0.25) is 9.84 Å². The molecule has 0 unspecified atom stereocenters. The van der Waals surface area contributed by atoms with E-state index in [1.165, 1.54) is 26.7 Å². The van der Waals surface area contributed by atoms with E-state index in [0.29, 0.717) is 45.2 Å². The number of fused-ring (bicyclic) bond motifs is 1. The molecule has 0 amide bonds. The van der Waals surface area contributed by atoms with Crippen molar-refractivity contribution in [2.75, 3.05) is 27.4 Å². The molecule has 0 aliphatic carbocycles. The standard InChI is InChI=1S/C24H26N4O6S/c1-28-13-23(25-15-28)35(30,31)14-21-20(26-18-6-4-5-7-19(18)27-21)11-16-10-17(32-2)12-22(33-3)24(16)34-9-8-29/h4-7,10,12-13,15,29H,8-9,11,14H2,1-3H3. The summed E-state index contributed by atoms with van der Waals surface area (Å²) in [6.45, 7) is -0.127. The summed E-state index contributed by atoms with van der Waals surface area (Å²) in [5.74, 6) is 0.995. The number of aliphatic hydroxyl groups excluding tert-OH is 1. The van der Waals surface area contributed by atoms with Crippen molar-refractivity contribution in [2.45, 2.75) is 17.2 Å². The highest BCUT2D eigenvalue weighted by molar-refractivity contribution is 7.90. The lowest BCUT2D eigenvalue weighted by Gasteiger charge is -2.17. The fraction of sp³-hybridized carbons (Fsp3) is 0.292. The Bertz CT molecular complexity index is 1450. The van der Waals surface area contributed by atoms with Gasteiger partial charge in [-0.3, -0.25) is 0 Å². The molecule has 0 bridgehead atoms. The first-order valence-corrected chi connectivity index (χ1v) is 12.4. The third-order valence-electron chi connectivity index (χ3n) is 5.31. The van der Waals surface area contributed by atoms with Gasteiger partial charge < -0.3 is 23.9 Å². The van der Waals surface area contributed by atoms with E-state index < -0.39 is 9.84 Å². The van der Waals surface area contributed by atoms with Crippen molar-refractivity contribution in [2.24, 2.45) is 7.05 Å². The number of methoxy groups -OCH3 is 2. The van der Waals surface area contributed by atoms with E-state index in [0.717, 1.165) is 0 Å². The second-order valence-corrected chi connectivity index (χ2v) is 9.75. The van der Waals surface area contributed by atoms with E-state index in [1.807, 2.05) is 18.2 Å². The fourth-order valence-electron chi connectivity index (χ4n) is 3.66.